The molecule has 1 nitrogen and oxygen atoms in total. The van der Waals surface area contributed by atoms with Crippen LogP contribution in [0.15, 0.2) is 0 Å². The molecule has 0 saturated heterocycles. The van der Waals surface area contributed by atoms with E-state index >= 15 is 0 Å². The minimum Gasteiger partial charge on any atom is -0.313 e. The zero-order valence-electron chi connectivity index (χ0n) is 6.33. The fourth-order valence-corrected chi connectivity index (χ4v) is 0.399. The van der Waals surface area contributed by atoms with E-state index in [2.05, 4.69) is 0 Å². The Balaban J connectivity index is 4.39. The van der Waals surface area contributed by atoms with Crippen molar-refractivity contribution in [3.05, 3.63) is 0 Å². The van der Waals surface area contributed by atoms with Crippen LogP contribution in [0, 0.1) is 11.3 Å². The Kier molecular flexibility index (Phi) is 2.02. The van der Waals surface area contributed by atoms with E-state index in [1.54, 1.807) is 26.9 Å². The molecule has 0 heterocycles. The molecule has 0 atom stereocenters. The summed E-state index contributed by atoms with van der Waals surface area (Å²) in [6, 6.07) is 1.97. The van der Waals surface area contributed by atoms with E-state index in [1.807, 2.05) is 6.07 Å². The van der Waals surface area contributed by atoms with Crippen LogP contribution in [0.1, 0.15) is 13.8 Å². The highest BCUT2D eigenvalue weighted by molar-refractivity contribution is 6.74. The molecule has 3 heteroatoms. The summed E-state index contributed by atoms with van der Waals surface area (Å²) in [5, 5.41) is 7.73. The first-order valence-corrected chi connectivity index (χ1v) is 5.79. The molecule has 0 unspecified atom stereocenters. The van der Waals surface area contributed by atoms with Gasteiger partial charge in [0.15, 0.2) is 0 Å². The first kappa shape index (κ1) is 8.64. The molecular weight excluding hydrogens is 133 g/mol. The zero-order chi connectivity index (χ0) is 7.71. The average molecular weight is 145 g/mol. The van der Waals surface area contributed by atoms with Crippen molar-refractivity contribution in [2.75, 3.05) is 0 Å². The van der Waals surface area contributed by atoms with Crippen molar-refractivity contribution in [1.29, 1.82) is 5.26 Å². The second-order valence-electron chi connectivity index (χ2n) is 3.21. The fraction of sp³-hybridized carbons (Fsp3) is 0.833. The molecule has 0 bridgehead atoms. The molecule has 0 aromatic rings. The molecule has 9 heavy (non-hydrogen) atoms. The van der Waals surface area contributed by atoms with Gasteiger partial charge in [-0.25, -0.2) is 0 Å². The molecule has 0 spiro atoms. The van der Waals surface area contributed by atoms with E-state index in [-0.39, 0.29) is 0 Å². The summed E-state index contributed by atoms with van der Waals surface area (Å²) >= 11 is 0. The van der Waals surface area contributed by atoms with Gasteiger partial charge in [-0.1, -0.05) is 0 Å². The standard InChI is InChI=1S/C6H12FNSi/c1-6(2,5-8)9(3,4)7/h1-4H3. The largest absolute Gasteiger partial charge is 0.313 e. The van der Waals surface area contributed by atoms with Gasteiger partial charge in [-0.2, -0.15) is 5.26 Å². The van der Waals surface area contributed by atoms with Crippen LogP contribution in [0.3, 0.4) is 0 Å². The Labute approximate surface area is 56.7 Å². The highest BCUT2D eigenvalue weighted by Gasteiger charge is 2.40. The van der Waals surface area contributed by atoms with Crippen LogP contribution in [-0.4, -0.2) is 8.41 Å². The summed E-state index contributed by atoms with van der Waals surface area (Å²) in [5.74, 6) is 0. The maximum atomic E-state index is 13.1. The van der Waals surface area contributed by atoms with Gasteiger partial charge in [-0.3, -0.25) is 0 Å². The number of nitriles is 1. The van der Waals surface area contributed by atoms with Crippen LogP contribution in [0.25, 0.3) is 0 Å². The Morgan fingerprint density at radius 1 is 1.44 bits per heavy atom. The van der Waals surface area contributed by atoms with Crippen LogP contribution < -0.4 is 0 Å². The lowest BCUT2D eigenvalue weighted by atomic mass is 10.2. The monoisotopic (exact) mass is 145 g/mol. The normalized spacial score (nSPS) is 12.9. The Morgan fingerprint density at radius 3 is 1.78 bits per heavy atom. The number of nitrogens with zero attached hydrogens (tertiary/aromatic N) is 1. The van der Waals surface area contributed by atoms with Crippen molar-refractivity contribution >= 4 is 8.41 Å². The lowest BCUT2D eigenvalue weighted by Gasteiger charge is -2.24. The molecule has 0 aliphatic heterocycles. The summed E-state index contributed by atoms with van der Waals surface area (Å²) in [6.07, 6.45) is 0. The van der Waals surface area contributed by atoms with Gasteiger partial charge < -0.3 is 4.11 Å². The Bertz CT molecular complexity index is 140. The summed E-state index contributed by atoms with van der Waals surface area (Å²) in [7, 11) is -2.75. The van der Waals surface area contributed by atoms with E-state index in [0.717, 1.165) is 0 Å². The van der Waals surface area contributed by atoms with Gasteiger partial charge >= 0.3 is 0 Å². The molecular formula is C6H12FNSi. The SMILES string of the molecule is CC(C)(C#N)[Si](C)(C)F. The number of hydrogen-bond donors (Lipinski definition) is 0. The van der Waals surface area contributed by atoms with Crippen molar-refractivity contribution in [3.8, 4) is 6.07 Å². The van der Waals surface area contributed by atoms with Gasteiger partial charge in [0.25, 0.3) is 8.41 Å². The minimum atomic E-state index is -2.75. The maximum Gasteiger partial charge on any atom is 0.260 e. The van der Waals surface area contributed by atoms with E-state index < -0.39 is 13.4 Å². The highest BCUT2D eigenvalue weighted by Crippen LogP contribution is 2.36. The summed E-state index contributed by atoms with van der Waals surface area (Å²) < 4.78 is 13.1. The molecule has 0 aromatic carbocycles. The zero-order valence-corrected chi connectivity index (χ0v) is 7.33. The number of hydrogen-bond acceptors (Lipinski definition) is 1. The fourth-order valence-electron chi connectivity index (χ4n) is 0.133. The lowest BCUT2D eigenvalue weighted by molar-refractivity contribution is 0.680. The van der Waals surface area contributed by atoms with Gasteiger partial charge in [0.1, 0.15) is 0 Å². The van der Waals surface area contributed by atoms with E-state index in [4.69, 9.17) is 5.26 Å². The van der Waals surface area contributed by atoms with Gasteiger partial charge in [-0.15, -0.1) is 0 Å². The lowest BCUT2D eigenvalue weighted by Crippen LogP contribution is -2.32. The van der Waals surface area contributed by atoms with Crippen LogP contribution in [0.4, 0.5) is 4.11 Å². The average Bonchev–Trinajstić information content (AvgIpc) is 1.64. The predicted octanol–water partition coefficient (Wildman–Crippen LogP) is 2.46. The smallest absolute Gasteiger partial charge is 0.260 e. The number of rotatable bonds is 1. The first-order chi connectivity index (χ1) is 3.81. The van der Waals surface area contributed by atoms with Crippen molar-refractivity contribution in [2.24, 2.45) is 0 Å². The molecule has 0 rings (SSSR count). The van der Waals surface area contributed by atoms with Crippen LogP contribution >= 0.6 is 0 Å². The predicted molar refractivity (Wildman–Crippen MR) is 38.2 cm³/mol. The Morgan fingerprint density at radius 2 is 1.78 bits per heavy atom. The quantitative estimate of drug-likeness (QED) is 0.411. The maximum absolute atomic E-state index is 13.1. The van der Waals surface area contributed by atoms with Crippen molar-refractivity contribution in [1.82, 2.24) is 0 Å². The molecule has 0 radical (unpaired) electrons. The van der Waals surface area contributed by atoms with Gasteiger partial charge in [0, 0.05) is 0 Å². The topological polar surface area (TPSA) is 23.8 Å². The first-order valence-electron chi connectivity index (χ1n) is 2.91. The Hall–Kier alpha value is -0.363. The van der Waals surface area contributed by atoms with Gasteiger partial charge in [0.2, 0.25) is 0 Å². The van der Waals surface area contributed by atoms with Crippen LogP contribution in [0.5, 0.6) is 0 Å². The molecule has 0 aliphatic carbocycles. The summed E-state index contributed by atoms with van der Waals surface area (Å²) in [5.41, 5.74) is 0. The summed E-state index contributed by atoms with van der Waals surface area (Å²) in [6.45, 7) is 6.41. The molecule has 0 fully saturated rings. The third-order valence-corrected chi connectivity index (χ3v) is 4.85. The molecule has 52 valence electrons. The molecule has 0 N–H and O–H groups in total. The van der Waals surface area contributed by atoms with Crippen LogP contribution in [-0.2, 0) is 0 Å². The van der Waals surface area contributed by atoms with E-state index in [1.165, 1.54) is 0 Å². The second-order valence-corrected chi connectivity index (χ2v) is 7.40. The number of halogens is 1. The van der Waals surface area contributed by atoms with Crippen molar-refractivity contribution < 1.29 is 4.11 Å². The second kappa shape index (κ2) is 2.11. The minimum absolute atomic E-state index is 0.743. The summed E-state index contributed by atoms with van der Waals surface area (Å²) in [4.78, 5) is 0. The highest BCUT2D eigenvalue weighted by atomic mass is 28.4. The molecule has 0 amide bonds. The molecule has 0 aromatic heterocycles. The van der Waals surface area contributed by atoms with E-state index in [9.17, 15) is 4.11 Å². The third-order valence-electron chi connectivity index (χ3n) is 1.77. The molecule has 0 saturated carbocycles. The van der Waals surface area contributed by atoms with Crippen molar-refractivity contribution in [3.63, 3.8) is 0 Å². The van der Waals surface area contributed by atoms with E-state index in [0.29, 0.717) is 0 Å². The third kappa shape index (κ3) is 1.79. The molecule has 0 aliphatic rings. The van der Waals surface area contributed by atoms with Crippen LogP contribution in [0.2, 0.25) is 18.1 Å². The van der Waals surface area contributed by atoms with Crippen molar-refractivity contribution in [2.45, 2.75) is 32.0 Å². The van der Waals surface area contributed by atoms with Gasteiger partial charge in [-0.05, 0) is 26.9 Å². The van der Waals surface area contributed by atoms with Gasteiger partial charge in [0.05, 0.1) is 11.1 Å².